The fraction of sp³-hybridized carbons (Fsp3) is 0.273. The minimum atomic E-state index is -0.253. The second-order valence-electron chi connectivity index (χ2n) is 7.19. The molecular weight excluding hydrogens is 336 g/mol. The van der Waals surface area contributed by atoms with Crippen LogP contribution < -0.4 is 10.6 Å². The molecule has 1 aliphatic heterocycles. The van der Waals surface area contributed by atoms with Crippen LogP contribution in [0.3, 0.4) is 0 Å². The first-order chi connectivity index (χ1) is 13.1. The average Bonchev–Trinajstić information content (AvgIpc) is 3.05. The Kier molecular flexibility index (Phi) is 4.67. The van der Waals surface area contributed by atoms with Gasteiger partial charge in [-0.3, -0.25) is 0 Å². The molecule has 2 N–H and O–H groups in total. The van der Waals surface area contributed by atoms with E-state index in [4.69, 9.17) is 4.98 Å². The number of rotatable bonds is 3. The Hall–Kier alpha value is -3.08. The summed E-state index contributed by atoms with van der Waals surface area (Å²) < 4.78 is 2.23. The fourth-order valence-electron chi connectivity index (χ4n) is 3.69. The van der Waals surface area contributed by atoms with Crippen molar-refractivity contribution in [2.45, 2.75) is 39.7 Å². The number of nitrogens with zero attached hydrogens (tertiary/aromatic N) is 2. The van der Waals surface area contributed by atoms with Crippen molar-refractivity contribution in [3.05, 3.63) is 65.6 Å². The Morgan fingerprint density at radius 2 is 1.81 bits per heavy atom. The number of para-hydroxylation sites is 1. The van der Waals surface area contributed by atoms with Crippen LogP contribution in [0.15, 0.2) is 48.7 Å². The molecule has 4 rings (SSSR count). The van der Waals surface area contributed by atoms with Gasteiger partial charge in [-0.15, -0.1) is 0 Å². The molecule has 0 aliphatic carbocycles. The molecule has 2 amide bonds. The van der Waals surface area contributed by atoms with Gasteiger partial charge in [0.2, 0.25) is 0 Å². The van der Waals surface area contributed by atoms with Crippen molar-refractivity contribution in [3.8, 4) is 11.3 Å². The highest BCUT2D eigenvalue weighted by Crippen LogP contribution is 2.29. The summed E-state index contributed by atoms with van der Waals surface area (Å²) in [6.07, 6.45) is 5.50. The monoisotopic (exact) mass is 360 g/mol. The second kappa shape index (κ2) is 7.27. The number of aromatic nitrogens is 2. The van der Waals surface area contributed by atoms with Crippen molar-refractivity contribution in [2.24, 2.45) is 0 Å². The van der Waals surface area contributed by atoms with E-state index in [2.05, 4.69) is 27.5 Å². The van der Waals surface area contributed by atoms with Gasteiger partial charge < -0.3 is 15.2 Å². The topological polar surface area (TPSA) is 59.0 Å². The predicted octanol–water partition coefficient (Wildman–Crippen LogP) is 5.15. The zero-order valence-corrected chi connectivity index (χ0v) is 15.7. The molecule has 2 aromatic carbocycles. The molecule has 1 aromatic heterocycles. The third-order valence-corrected chi connectivity index (χ3v) is 4.84. The predicted molar refractivity (Wildman–Crippen MR) is 109 cm³/mol. The number of benzene rings is 2. The third kappa shape index (κ3) is 3.87. The maximum absolute atomic E-state index is 12.5. The van der Waals surface area contributed by atoms with Gasteiger partial charge in [-0.2, -0.15) is 0 Å². The maximum Gasteiger partial charge on any atom is 0.323 e. The molecule has 2 heterocycles. The Bertz CT molecular complexity index is 946. The number of hydrogen-bond donors (Lipinski definition) is 2. The molecule has 3 aromatic rings. The lowest BCUT2D eigenvalue weighted by Gasteiger charge is -2.12. The molecule has 0 radical (unpaired) electrons. The number of hydrogen-bond acceptors (Lipinski definition) is 2. The van der Waals surface area contributed by atoms with E-state index in [0.29, 0.717) is 0 Å². The van der Waals surface area contributed by atoms with Crippen LogP contribution in [0, 0.1) is 13.8 Å². The van der Waals surface area contributed by atoms with E-state index in [1.165, 1.54) is 12.8 Å². The molecule has 138 valence electrons. The van der Waals surface area contributed by atoms with Gasteiger partial charge in [0, 0.05) is 30.4 Å². The van der Waals surface area contributed by atoms with Gasteiger partial charge in [0.05, 0.1) is 11.4 Å². The number of aryl methyl sites for hydroxylation is 4. The molecule has 0 saturated heterocycles. The summed E-state index contributed by atoms with van der Waals surface area (Å²) in [4.78, 5) is 17.3. The Morgan fingerprint density at radius 1 is 1.04 bits per heavy atom. The largest absolute Gasteiger partial charge is 0.334 e. The summed E-state index contributed by atoms with van der Waals surface area (Å²) in [6.45, 7) is 5.06. The van der Waals surface area contributed by atoms with E-state index in [0.717, 1.165) is 52.5 Å². The van der Waals surface area contributed by atoms with E-state index in [9.17, 15) is 4.79 Å². The number of urea groups is 1. The number of anilines is 2. The van der Waals surface area contributed by atoms with E-state index < -0.39 is 0 Å². The first-order valence-corrected chi connectivity index (χ1v) is 9.40. The zero-order valence-electron chi connectivity index (χ0n) is 15.7. The van der Waals surface area contributed by atoms with Crippen molar-refractivity contribution in [1.82, 2.24) is 9.55 Å². The van der Waals surface area contributed by atoms with Gasteiger partial charge in [0.25, 0.3) is 0 Å². The average molecular weight is 360 g/mol. The van der Waals surface area contributed by atoms with E-state index in [-0.39, 0.29) is 6.03 Å². The fourth-order valence-corrected chi connectivity index (χ4v) is 3.69. The van der Waals surface area contributed by atoms with Crippen LogP contribution >= 0.6 is 0 Å². The molecule has 1 aliphatic rings. The molecule has 27 heavy (non-hydrogen) atoms. The van der Waals surface area contributed by atoms with Gasteiger partial charge in [0.15, 0.2) is 0 Å². The van der Waals surface area contributed by atoms with Crippen LogP contribution in [0.1, 0.15) is 29.8 Å². The molecule has 0 saturated carbocycles. The molecular formula is C22H24N4O. The van der Waals surface area contributed by atoms with Gasteiger partial charge in [-0.25, -0.2) is 9.78 Å². The van der Waals surface area contributed by atoms with Crippen LogP contribution in [0.2, 0.25) is 0 Å². The van der Waals surface area contributed by atoms with Crippen molar-refractivity contribution >= 4 is 17.4 Å². The smallest absolute Gasteiger partial charge is 0.323 e. The number of carbonyl (C=O) groups is 1. The molecule has 0 fully saturated rings. The lowest BCUT2D eigenvalue weighted by Crippen LogP contribution is -2.20. The molecule has 0 unspecified atom stereocenters. The number of amides is 2. The first-order valence-electron chi connectivity index (χ1n) is 9.40. The normalized spacial score (nSPS) is 13.1. The lowest BCUT2D eigenvalue weighted by atomic mass is 10.1. The summed E-state index contributed by atoms with van der Waals surface area (Å²) in [5, 5.41) is 5.90. The number of nitrogens with one attached hydrogen (secondary N) is 2. The summed E-state index contributed by atoms with van der Waals surface area (Å²) in [6, 6.07) is 13.6. The standard InChI is InChI=1S/C22H24N4O/c1-15-11-16(2)13-17(12-15)23-22(27)25-19-8-4-3-7-18(19)20-14-26-10-6-5-9-21(26)24-20/h3-4,7-8,11-14H,5-6,9-10H2,1-2H3,(H2,23,25,27). The van der Waals surface area contributed by atoms with E-state index >= 15 is 0 Å². The van der Waals surface area contributed by atoms with Crippen molar-refractivity contribution in [2.75, 3.05) is 10.6 Å². The van der Waals surface area contributed by atoms with Gasteiger partial charge in [-0.05, 0) is 56.0 Å². The second-order valence-corrected chi connectivity index (χ2v) is 7.19. The highest BCUT2D eigenvalue weighted by Gasteiger charge is 2.16. The van der Waals surface area contributed by atoms with Gasteiger partial charge in [0.1, 0.15) is 5.82 Å². The maximum atomic E-state index is 12.5. The highest BCUT2D eigenvalue weighted by molar-refractivity contribution is 6.02. The van der Waals surface area contributed by atoms with Crippen molar-refractivity contribution in [3.63, 3.8) is 0 Å². The van der Waals surface area contributed by atoms with Crippen LogP contribution in [-0.4, -0.2) is 15.6 Å². The SMILES string of the molecule is Cc1cc(C)cc(NC(=O)Nc2ccccc2-c2cn3c(n2)CCCC3)c1. The highest BCUT2D eigenvalue weighted by atomic mass is 16.2. The van der Waals surface area contributed by atoms with Crippen LogP contribution in [0.25, 0.3) is 11.3 Å². The van der Waals surface area contributed by atoms with Gasteiger partial charge >= 0.3 is 6.03 Å². The number of imidazole rings is 1. The Balaban J connectivity index is 1.56. The third-order valence-electron chi connectivity index (χ3n) is 4.84. The molecule has 0 spiro atoms. The molecule has 5 nitrogen and oxygen atoms in total. The van der Waals surface area contributed by atoms with Crippen molar-refractivity contribution in [1.29, 1.82) is 0 Å². The van der Waals surface area contributed by atoms with E-state index in [1.54, 1.807) is 0 Å². The van der Waals surface area contributed by atoms with Crippen molar-refractivity contribution < 1.29 is 4.79 Å². The van der Waals surface area contributed by atoms with Gasteiger partial charge in [-0.1, -0.05) is 24.3 Å². The minimum absolute atomic E-state index is 0.253. The Labute approximate surface area is 159 Å². The zero-order chi connectivity index (χ0) is 18.8. The molecule has 0 bridgehead atoms. The number of carbonyl (C=O) groups excluding carboxylic acids is 1. The molecule has 5 heteroatoms. The molecule has 0 atom stereocenters. The number of fused-ring (bicyclic) bond motifs is 1. The Morgan fingerprint density at radius 3 is 2.59 bits per heavy atom. The lowest BCUT2D eigenvalue weighted by molar-refractivity contribution is 0.262. The quantitative estimate of drug-likeness (QED) is 0.679. The van der Waals surface area contributed by atoms with E-state index in [1.807, 2.05) is 50.2 Å². The minimum Gasteiger partial charge on any atom is -0.334 e. The van der Waals surface area contributed by atoms with Crippen LogP contribution in [0.4, 0.5) is 16.2 Å². The summed E-state index contributed by atoms with van der Waals surface area (Å²) in [5.41, 5.74) is 5.64. The summed E-state index contributed by atoms with van der Waals surface area (Å²) >= 11 is 0. The first kappa shape index (κ1) is 17.3. The van der Waals surface area contributed by atoms with Crippen LogP contribution in [-0.2, 0) is 13.0 Å². The van der Waals surface area contributed by atoms with Crippen LogP contribution in [0.5, 0.6) is 0 Å². The summed E-state index contributed by atoms with van der Waals surface area (Å²) in [5.74, 6) is 1.13. The summed E-state index contributed by atoms with van der Waals surface area (Å²) in [7, 11) is 0.